The van der Waals surface area contributed by atoms with Crippen LogP contribution in [0.4, 0.5) is 0 Å². The quantitative estimate of drug-likeness (QED) is 0.800. The number of aromatic nitrogens is 2. The zero-order valence-corrected chi connectivity index (χ0v) is 14.9. The number of ether oxygens (including phenoxy) is 1. The van der Waals surface area contributed by atoms with E-state index in [-0.39, 0.29) is 30.4 Å². The number of hydrogen-bond donors (Lipinski definition) is 1. The first-order valence-electron chi connectivity index (χ1n) is 7.81. The van der Waals surface area contributed by atoms with Gasteiger partial charge in [0.05, 0.1) is 6.04 Å². The smallest absolute Gasteiger partial charge is 0.248 e. The van der Waals surface area contributed by atoms with Crippen LogP contribution in [-0.2, 0) is 20.9 Å². The van der Waals surface area contributed by atoms with E-state index in [0.29, 0.717) is 25.6 Å². The molecule has 8 heteroatoms. The Bertz CT molecular complexity index is 555. The molecule has 0 spiro atoms. The van der Waals surface area contributed by atoms with Crippen molar-refractivity contribution in [1.82, 2.24) is 20.4 Å². The fraction of sp³-hybridized carbons (Fsp3) is 0.733. The molecular weight excluding hydrogens is 316 g/mol. The molecule has 23 heavy (non-hydrogen) atoms. The average Bonchev–Trinajstić information content (AvgIpc) is 2.86. The summed E-state index contributed by atoms with van der Waals surface area (Å²) in [7, 11) is 0. The number of aryl methyl sites for hydroxylation is 1. The van der Waals surface area contributed by atoms with Gasteiger partial charge in [-0.2, -0.15) is 0 Å². The van der Waals surface area contributed by atoms with E-state index in [4.69, 9.17) is 4.74 Å². The van der Waals surface area contributed by atoms with E-state index in [1.807, 2.05) is 27.7 Å². The second-order valence-electron chi connectivity index (χ2n) is 6.24. The number of rotatable bonds is 7. The van der Waals surface area contributed by atoms with Gasteiger partial charge in [0.1, 0.15) is 23.2 Å². The minimum atomic E-state index is -0.0614. The molecule has 1 atom stereocenters. The molecule has 2 heterocycles. The highest BCUT2D eigenvalue weighted by Crippen LogP contribution is 2.14. The number of amides is 2. The lowest BCUT2D eigenvalue weighted by atomic mass is 9.96. The number of nitrogens with one attached hydrogen (secondary N) is 1. The number of carbonyl (C=O) groups is 2. The molecule has 1 aliphatic rings. The highest BCUT2D eigenvalue weighted by Gasteiger charge is 2.32. The molecule has 1 aliphatic heterocycles. The van der Waals surface area contributed by atoms with Crippen LogP contribution in [0.3, 0.4) is 0 Å². The predicted molar refractivity (Wildman–Crippen MR) is 86.8 cm³/mol. The van der Waals surface area contributed by atoms with E-state index in [9.17, 15) is 9.59 Å². The molecule has 1 fully saturated rings. The summed E-state index contributed by atoms with van der Waals surface area (Å²) < 4.78 is 5.37. The minimum absolute atomic E-state index is 0.0153. The van der Waals surface area contributed by atoms with Gasteiger partial charge >= 0.3 is 0 Å². The Hall–Kier alpha value is -1.54. The van der Waals surface area contributed by atoms with Gasteiger partial charge in [-0.25, -0.2) is 0 Å². The Morgan fingerprint density at radius 3 is 2.61 bits per heavy atom. The van der Waals surface area contributed by atoms with Crippen molar-refractivity contribution in [2.45, 2.75) is 40.3 Å². The summed E-state index contributed by atoms with van der Waals surface area (Å²) in [6.45, 7) is 9.28. The van der Waals surface area contributed by atoms with E-state index in [2.05, 4.69) is 15.5 Å². The van der Waals surface area contributed by atoms with E-state index in [0.717, 1.165) is 10.0 Å². The van der Waals surface area contributed by atoms with Crippen molar-refractivity contribution in [2.24, 2.45) is 11.8 Å². The van der Waals surface area contributed by atoms with Crippen LogP contribution < -0.4 is 5.32 Å². The fourth-order valence-electron chi connectivity index (χ4n) is 2.12. The molecule has 128 valence electrons. The monoisotopic (exact) mass is 340 g/mol. The van der Waals surface area contributed by atoms with Crippen molar-refractivity contribution < 1.29 is 14.3 Å². The Labute approximate surface area is 140 Å². The Morgan fingerprint density at radius 2 is 2.04 bits per heavy atom. The minimum Gasteiger partial charge on any atom is -0.364 e. The van der Waals surface area contributed by atoms with Gasteiger partial charge in [-0.3, -0.25) is 9.59 Å². The molecule has 1 saturated heterocycles. The molecule has 0 aromatic carbocycles. The summed E-state index contributed by atoms with van der Waals surface area (Å²) in [5.74, 6) is 0.289. The normalized spacial score (nSPS) is 16.3. The van der Waals surface area contributed by atoms with E-state index < -0.39 is 0 Å². The van der Waals surface area contributed by atoms with Gasteiger partial charge < -0.3 is 15.0 Å². The number of carbonyl (C=O) groups excluding carboxylic acids is 2. The third-order valence-corrected chi connectivity index (χ3v) is 4.83. The third kappa shape index (κ3) is 4.97. The van der Waals surface area contributed by atoms with Gasteiger partial charge in [-0.1, -0.05) is 32.1 Å². The van der Waals surface area contributed by atoms with E-state index >= 15 is 0 Å². The van der Waals surface area contributed by atoms with Crippen LogP contribution >= 0.6 is 11.3 Å². The van der Waals surface area contributed by atoms with Crippen LogP contribution in [0.15, 0.2) is 0 Å². The first kappa shape index (κ1) is 17.8. The second kappa shape index (κ2) is 7.83. The third-order valence-electron chi connectivity index (χ3n) is 4.01. The van der Waals surface area contributed by atoms with Crippen LogP contribution in [-0.4, -0.2) is 52.6 Å². The van der Waals surface area contributed by atoms with Crippen LogP contribution in [0.2, 0.25) is 0 Å². The lowest BCUT2D eigenvalue weighted by molar-refractivity contribution is -0.143. The molecule has 1 unspecified atom stereocenters. The predicted octanol–water partition coefficient (Wildman–Crippen LogP) is 0.982. The van der Waals surface area contributed by atoms with Crippen molar-refractivity contribution in [3.8, 4) is 0 Å². The molecule has 1 N–H and O–H groups in total. The highest BCUT2D eigenvalue weighted by molar-refractivity contribution is 7.11. The van der Waals surface area contributed by atoms with Gasteiger partial charge in [-0.15, -0.1) is 10.2 Å². The maximum Gasteiger partial charge on any atom is 0.248 e. The van der Waals surface area contributed by atoms with Crippen molar-refractivity contribution in [1.29, 1.82) is 0 Å². The first-order valence-corrected chi connectivity index (χ1v) is 8.63. The summed E-state index contributed by atoms with van der Waals surface area (Å²) >= 11 is 1.46. The molecule has 0 bridgehead atoms. The number of hydrogen-bond acceptors (Lipinski definition) is 6. The molecule has 1 aromatic heterocycles. The lowest BCUT2D eigenvalue weighted by Gasteiger charge is -2.40. The average molecular weight is 340 g/mol. The summed E-state index contributed by atoms with van der Waals surface area (Å²) in [4.78, 5) is 25.6. The summed E-state index contributed by atoms with van der Waals surface area (Å²) in [5, 5.41) is 12.5. The molecule has 1 aromatic rings. The van der Waals surface area contributed by atoms with Crippen molar-refractivity contribution in [3.63, 3.8) is 0 Å². The van der Waals surface area contributed by atoms with Crippen LogP contribution in [0.1, 0.15) is 30.8 Å². The van der Waals surface area contributed by atoms with E-state index in [1.165, 1.54) is 11.3 Å². The molecule has 0 aliphatic carbocycles. The highest BCUT2D eigenvalue weighted by atomic mass is 32.1. The molecule has 0 radical (unpaired) electrons. The van der Waals surface area contributed by atoms with E-state index in [1.54, 1.807) is 4.90 Å². The summed E-state index contributed by atoms with van der Waals surface area (Å²) in [5.41, 5.74) is 0. The Kier molecular flexibility index (Phi) is 6.06. The summed E-state index contributed by atoms with van der Waals surface area (Å²) in [6.07, 6.45) is 0. The second-order valence-corrected chi connectivity index (χ2v) is 7.51. The maximum absolute atomic E-state index is 11.9. The first-order chi connectivity index (χ1) is 10.9. The van der Waals surface area contributed by atoms with Gasteiger partial charge in [0.2, 0.25) is 11.8 Å². The van der Waals surface area contributed by atoms with Gasteiger partial charge in [0, 0.05) is 19.0 Å². The van der Waals surface area contributed by atoms with Crippen molar-refractivity contribution in [2.75, 3.05) is 19.7 Å². The van der Waals surface area contributed by atoms with Gasteiger partial charge in [0.15, 0.2) is 0 Å². The number of likely N-dealkylation sites (tertiary alicyclic amines) is 1. The SMILES string of the molecule is Cc1nnc(COCC(=O)N2CC(NC(=O)C(C)C(C)C)C2)s1. The van der Waals surface area contributed by atoms with Crippen molar-refractivity contribution in [3.05, 3.63) is 10.0 Å². The number of nitrogens with zero attached hydrogens (tertiary/aromatic N) is 3. The van der Waals surface area contributed by atoms with Gasteiger partial charge in [-0.05, 0) is 12.8 Å². The molecule has 2 rings (SSSR count). The lowest BCUT2D eigenvalue weighted by Crippen LogP contribution is -2.62. The van der Waals surface area contributed by atoms with Crippen LogP contribution in [0, 0.1) is 18.8 Å². The molecule has 2 amide bonds. The summed E-state index contributed by atoms with van der Waals surface area (Å²) in [6, 6.07) is 0.0541. The topological polar surface area (TPSA) is 84.4 Å². The fourth-order valence-corrected chi connectivity index (χ4v) is 2.77. The molecular formula is C15H24N4O3S. The Morgan fingerprint density at radius 1 is 1.35 bits per heavy atom. The van der Waals surface area contributed by atoms with Gasteiger partial charge in [0.25, 0.3) is 0 Å². The Balaban J connectivity index is 1.62. The zero-order valence-electron chi connectivity index (χ0n) is 14.0. The zero-order chi connectivity index (χ0) is 17.0. The van der Waals surface area contributed by atoms with Crippen LogP contribution in [0.5, 0.6) is 0 Å². The largest absolute Gasteiger partial charge is 0.364 e. The maximum atomic E-state index is 11.9. The molecule has 7 nitrogen and oxygen atoms in total. The van der Waals surface area contributed by atoms with Crippen molar-refractivity contribution >= 4 is 23.2 Å². The standard InChI is InChI=1S/C15H24N4O3S/c1-9(2)10(3)15(21)16-12-5-19(6-12)14(20)8-22-7-13-18-17-11(4)23-13/h9-10,12H,5-8H2,1-4H3,(H,16,21). The molecule has 0 saturated carbocycles. The van der Waals surface area contributed by atoms with Crippen LogP contribution in [0.25, 0.3) is 0 Å².